The quantitative estimate of drug-likeness (QED) is 0.162. The molecule has 0 saturated carbocycles. The molecule has 300 valence electrons. The molecule has 0 radical (unpaired) electrons. The molecule has 1 aromatic heterocycles. The number of aromatic nitrogens is 2. The first-order chi connectivity index (χ1) is 32.3. The molecule has 0 amide bonds. The molecule has 0 fully saturated rings. The predicted molar refractivity (Wildman–Crippen MR) is 277 cm³/mol. The molecule has 1 heterocycles. The van der Waals surface area contributed by atoms with Crippen LogP contribution >= 0.6 is 0 Å². The molecule has 0 aliphatic rings. The maximum Gasteiger partial charge on any atom is 0.145 e. The van der Waals surface area contributed by atoms with Crippen molar-refractivity contribution in [2.45, 2.75) is 0 Å². The highest BCUT2D eigenvalue weighted by Gasteiger charge is 2.21. The van der Waals surface area contributed by atoms with Crippen LogP contribution in [0.3, 0.4) is 0 Å². The first kappa shape index (κ1) is 35.9. The van der Waals surface area contributed by atoms with Gasteiger partial charge < -0.3 is 0 Å². The van der Waals surface area contributed by atoms with E-state index in [1.54, 1.807) is 0 Å². The topological polar surface area (TPSA) is 17.8 Å². The minimum Gasteiger partial charge on any atom is -0.292 e. The van der Waals surface area contributed by atoms with Crippen molar-refractivity contribution < 1.29 is 0 Å². The van der Waals surface area contributed by atoms with E-state index >= 15 is 0 Å². The van der Waals surface area contributed by atoms with E-state index in [-0.39, 0.29) is 0 Å². The average molecular weight is 823 g/mol. The van der Waals surface area contributed by atoms with Crippen molar-refractivity contribution >= 4 is 97.2 Å². The Morgan fingerprint density at radius 2 is 0.615 bits per heavy atom. The van der Waals surface area contributed by atoms with Crippen molar-refractivity contribution in [1.82, 2.24) is 9.55 Å². The van der Waals surface area contributed by atoms with Crippen LogP contribution in [0.4, 0.5) is 0 Å². The largest absolute Gasteiger partial charge is 0.292 e. The van der Waals surface area contributed by atoms with Gasteiger partial charge in [0, 0.05) is 11.3 Å². The molecule has 14 rings (SSSR count). The third-order valence-corrected chi connectivity index (χ3v) is 13.9. The number of para-hydroxylation sites is 2. The van der Waals surface area contributed by atoms with E-state index in [2.05, 4.69) is 235 Å². The zero-order valence-electron chi connectivity index (χ0n) is 35.3. The number of nitrogens with zero attached hydrogens (tertiary/aromatic N) is 2. The summed E-state index contributed by atoms with van der Waals surface area (Å²) in [4.78, 5) is 5.34. The molecule has 0 saturated heterocycles. The molecule has 0 aliphatic carbocycles. The highest BCUT2D eigenvalue weighted by Crippen LogP contribution is 2.47. The van der Waals surface area contributed by atoms with Gasteiger partial charge in [0.2, 0.25) is 0 Å². The molecule has 13 aromatic carbocycles. The van der Waals surface area contributed by atoms with Gasteiger partial charge in [-0.15, -0.1) is 0 Å². The molecule has 0 bridgehead atoms. The summed E-state index contributed by atoms with van der Waals surface area (Å²) in [6.45, 7) is 0. The highest BCUT2D eigenvalue weighted by molar-refractivity contribution is 6.34. The van der Waals surface area contributed by atoms with Gasteiger partial charge in [-0.05, 0) is 151 Å². The maximum atomic E-state index is 5.34. The average Bonchev–Trinajstić information content (AvgIpc) is 3.78. The van der Waals surface area contributed by atoms with E-state index in [0.717, 1.165) is 39.2 Å². The molecule has 0 unspecified atom stereocenters. The normalized spacial score (nSPS) is 12.0. The minimum atomic E-state index is 0.913. The summed E-state index contributed by atoms with van der Waals surface area (Å²) in [6, 6.07) is 85.0. The zero-order chi connectivity index (χ0) is 42.6. The second-order valence-corrected chi connectivity index (χ2v) is 17.4. The van der Waals surface area contributed by atoms with Crippen LogP contribution in [0.5, 0.6) is 0 Å². The molecule has 65 heavy (non-hydrogen) atoms. The van der Waals surface area contributed by atoms with Crippen LogP contribution in [0, 0.1) is 0 Å². The Hall–Kier alpha value is -8.59. The predicted octanol–water partition coefficient (Wildman–Crippen LogP) is 17.3. The smallest absolute Gasteiger partial charge is 0.145 e. The van der Waals surface area contributed by atoms with Crippen molar-refractivity contribution in [2.75, 3.05) is 0 Å². The molecule has 0 aliphatic heterocycles. The number of rotatable bonds is 4. The zero-order valence-corrected chi connectivity index (χ0v) is 35.3. The van der Waals surface area contributed by atoms with E-state index in [0.29, 0.717) is 0 Å². The number of fused-ring (bicyclic) bond motifs is 17. The monoisotopic (exact) mass is 822 g/mol. The molecule has 0 atom stereocenters. The molecule has 2 heteroatoms. The summed E-state index contributed by atoms with van der Waals surface area (Å²) in [5.74, 6) is 0.913. The van der Waals surface area contributed by atoms with Gasteiger partial charge in [-0.2, -0.15) is 0 Å². The number of benzene rings is 13. The Morgan fingerprint density at radius 3 is 1.09 bits per heavy atom. The van der Waals surface area contributed by atoms with Gasteiger partial charge >= 0.3 is 0 Å². The lowest BCUT2D eigenvalue weighted by Gasteiger charge is -2.20. The molecule has 0 spiro atoms. The Labute approximate surface area is 374 Å². The molecule has 14 aromatic rings. The van der Waals surface area contributed by atoms with Gasteiger partial charge in [0.05, 0.1) is 11.0 Å². The first-order valence-corrected chi connectivity index (χ1v) is 22.5. The Bertz CT molecular complexity index is 4070. The van der Waals surface area contributed by atoms with Gasteiger partial charge in [0.25, 0.3) is 0 Å². The third-order valence-electron chi connectivity index (χ3n) is 13.9. The van der Waals surface area contributed by atoms with Crippen LogP contribution in [0.25, 0.3) is 137 Å². The van der Waals surface area contributed by atoms with Crippen LogP contribution in [-0.2, 0) is 0 Å². The van der Waals surface area contributed by atoms with Crippen LogP contribution in [0.1, 0.15) is 0 Å². The van der Waals surface area contributed by atoms with Gasteiger partial charge in [-0.1, -0.05) is 188 Å². The lowest BCUT2D eigenvalue weighted by molar-refractivity contribution is 1.10. The van der Waals surface area contributed by atoms with Crippen molar-refractivity contribution in [3.8, 4) is 39.3 Å². The van der Waals surface area contributed by atoms with Crippen molar-refractivity contribution in [3.63, 3.8) is 0 Å². The summed E-state index contributed by atoms with van der Waals surface area (Å²) in [5.41, 5.74) is 8.85. The summed E-state index contributed by atoms with van der Waals surface area (Å²) >= 11 is 0. The van der Waals surface area contributed by atoms with Crippen LogP contribution in [0.15, 0.2) is 231 Å². The summed E-state index contributed by atoms with van der Waals surface area (Å²) in [7, 11) is 0. The molecular formula is C63H38N2. The Balaban J connectivity index is 1.15. The fourth-order valence-electron chi connectivity index (χ4n) is 11.1. The van der Waals surface area contributed by atoms with E-state index in [1.165, 1.54) is 97.3 Å². The third kappa shape index (κ3) is 5.32. The lowest BCUT2D eigenvalue weighted by atomic mass is 9.85. The van der Waals surface area contributed by atoms with E-state index in [1.807, 2.05) is 0 Å². The van der Waals surface area contributed by atoms with Crippen molar-refractivity contribution in [3.05, 3.63) is 231 Å². The minimum absolute atomic E-state index is 0.913. The number of hydrogen-bond acceptors (Lipinski definition) is 1. The standard InChI is InChI=1S/C63H38N2/c1-2-18-39(19-3-1)63-64-59-32-16-17-33-60(59)65(63)42-35-40(55-37-57-47-24-6-4-20-43(47)45-22-8-12-28-51(45)61(57)53-30-14-10-26-49(53)55)34-41(36-42)56-38-58-48-25-7-5-21-44(48)46-23-9-13-29-52(46)62(58)54-31-15-11-27-50(54)56/h1-38H. The number of hydrogen-bond donors (Lipinski definition) is 0. The van der Waals surface area contributed by atoms with E-state index in [9.17, 15) is 0 Å². The van der Waals surface area contributed by atoms with Gasteiger partial charge in [-0.3, -0.25) is 4.57 Å². The Morgan fingerprint density at radius 1 is 0.262 bits per heavy atom. The molecule has 2 nitrogen and oxygen atoms in total. The van der Waals surface area contributed by atoms with Crippen molar-refractivity contribution in [1.29, 1.82) is 0 Å². The van der Waals surface area contributed by atoms with Crippen LogP contribution < -0.4 is 0 Å². The highest BCUT2D eigenvalue weighted by atomic mass is 15.1. The fraction of sp³-hybridized carbons (Fsp3) is 0. The van der Waals surface area contributed by atoms with Crippen LogP contribution in [0.2, 0.25) is 0 Å². The number of imidazole rings is 1. The van der Waals surface area contributed by atoms with Crippen LogP contribution in [-0.4, -0.2) is 9.55 Å². The Kier molecular flexibility index (Phi) is 7.72. The van der Waals surface area contributed by atoms with Gasteiger partial charge in [0.15, 0.2) is 0 Å². The SMILES string of the molecule is c1ccc(-c2nc3ccccc3n2-c2cc(-c3cc4c5ccccc5c5ccccc5c4c4ccccc34)cc(-c3cc4c5ccccc5c5ccccc5c4c4ccccc34)c2)cc1. The second-order valence-electron chi connectivity index (χ2n) is 17.4. The fourth-order valence-corrected chi connectivity index (χ4v) is 11.1. The maximum absolute atomic E-state index is 5.34. The summed E-state index contributed by atoms with van der Waals surface area (Å²) < 4.78 is 2.37. The van der Waals surface area contributed by atoms with Gasteiger partial charge in [0.1, 0.15) is 5.82 Å². The first-order valence-electron chi connectivity index (χ1n) is 22.5. The molecular weight excluding hydrogens is 785 g/mol. The molecule has 0 N–H and O–H groups in total. The van der Waals surface area contributed by atoms with E-state index < -0.39 is 0 Å². The van der Waals surface area contributed by atoms with Crippen molar-refractivity contribution in [2.24, 2.45) is 0 Å². The summed E-state index contributed by atoms with van der Waals surface area (Å²) in [5, 5.41) is 20.2. The van der Waals surface area contributed by atoms with E-state index in [4.69, 9.17) is 4.98 Å². The summed E-state index contributed by atoms with van der Waals surface area (Å²) in [6.07, 6.45) is 0. The second kappa shape index (κ2) is 14.0. The van der Waals surface area contributed by atoms with Gasteiger partial charge in [-0.25, -0.2) is 4.98 Å². The lowest BCUT2D eigenvalue weighted by Crippen LogP contribution is -1.99.